The predicted molar refractivity (Wildman–Crippen MR) is 136 cm³/mol. The Labute approximate surface area is 211 Å². The highest BCUT2D eigenvalue weighted by Gasteiger charge is 2.30. The summed E-state index contributed by atoms with van der Waals surface area (Å²) in [7, 11) is 0. The molecule has 2 heterocycles. The first-order valence-corrected chi connectivity index (χ1v) is 11.9. The van der Waals surface area contributed by atoms with Crippen LogP contribution in [-0.4, -0.2) is 60.0 Å². The van der Waals surface area contributed by atoms with Crippen LogP contribution in [0.3, 0.4) is 0 Å². The van der Waals surface area contributed by atoms with Gasteiger partial charge in [-0.2, -0.15) is 23.0 Å². The highest BCUT2D eigenvalue weighted by atomic mass is 19.4. The van der Waals surface area contributed by atoms with Crippen LogP contribution >= 0.6 is 0 Å². The van der Waals surface area contributed by atoms with Crippen LogP contribution in [0.1, 0.15) is 12.0 Å². The molecule has 0 aliphatic carbocycles. The topological polar surface area (TPSA) is 109 Å². The summed E-state index contributed by atoms with van der Waals surface area (Å²) in [4.78, 5) is 29.6. The Morgan fingerprint density at radius 3 is 2.30 bits per heavy atom. The SMILES string of the molecule is NCCCNc1c(N2CCN(C(=O)Nc3ccc(C(F)(F)F)cc3)CC2)cnn(-c2ccccc2)c1=O. The van der Waals surface area contributed by atoms with Gasteiger partial charge >= 0.3 is 12.2 Å². The largest absolute Gasteiger partial charge is 0.416 e. The number of nitrogens with one attached hydrogen (secondary N) is 2. The molecule has 9 nitrogen and oxygen atoms in total. The van der Waals surface area contributed by atoms with E-state index in [-0.39, 0.29) is 11.2 Å². The average Bonchev–Trinajstić information content (AvgIpc) is 2.90. The number of hydrogen-bond acceptors (Lipinski definition) is 6. The zero-order valence-electron chi connectivity index (χ0n) is 20.0. The summed E-state index contributed by atoms with van der Waals surface area (Å²) in [5, 5.41) is 10.2. The van der Waals surface area contributed by atoms with Gasteiger partial charge < -0.3 is 26.2 Å². The summed E-state index contributed by atoms with van der Waals surface area (Å²) in [6.45, 7) is 2.61. The molecule has 196 valence electrons. The van der Waals surface area contributed by atoms with E-state index in [1.165, 1.54) is 16.8 Å². The minimum Gasteiger partial charge on any atom is -0.379 e. The smallest absolute Gasteiger partial charge is 0.379 e. The Kier molecular flexibility index (Phi) is 7.97. The lowest BCUT2D eigenvalue weighted by atomic mass is 10.2. The van der Waals surface area contributed by atoms with Crippen molar-refractivity contribution in [1.82, 2.24) is 14.7 Å². The first kappa shape index (κ1) is 26.0. The molecule has 2 aromatic carbocycles. The Morgan fingerprint density at radius 2 is 1.68 bits per heavy atom. The molecule has 0 unspecified atom stereocenters. The van der Waals surface area contributed by atoms with E-state index in [4.69, 9.17) is 5.73 Å². The van der Waals surface area contributed by atoms with Crippen LogP contribution in [-0.2, 0) is 6.18 Å². The number of nitrogens with zero attached hydrogens (tertiary/aromatic N) is 4. The van der Waals surface area contributed by atoms with Crippen molar-refractivity contribution in [2.45, 2.75) is 12.6 Å². The highest BCUT2D eigenvalue weighted by Crippen LogP contribution is 2.30. The third-order valence-corrected chi connectivity index (χ3v) is 6.01. The maximum Gasteiger partial charge on any atom is 0.416 e. The van der Waals surface area contributed by atoms with Gasteiger partial charge in [-0.05, 0) is 49.4 Å². The number of carbonyl (C=O) groups excluding carboxylic acids is 1. The van der Waals surface area contributed by atoms with Gasteiger partial charge in [-0.15, -0.1) is 0 Å². The zero-order chi connectivity index (χ0) is 26.4. The minimum atomic E-state index is -4.44. The molecular formula is C25H28F3N7O2. The van der Waals surface area contributed by atoms with Crippen molar-refractivity contribution in [3.63, 3.8) is 0 Å². The molecule has 0 spiro atoms. The third kappa shape index (κ3) is 6.20. The molecule has 1 fully saturated rings. The summed E-state index contributed by atoms with van der Waals surface area (Å²) >= 11 is 0. The van der Waals surface area contributed by atoms with Crippen molar-refractivity contribution in [1.29, 1.82) is 0 Å². The molecule has 3 aromatic rings. The number of benzene rings is 2. The van der Waals surface area contributed by atoms with Gasteiger partial charge in [0.1, 0.15) is 5.69 Å². The molecule has 0 bridgehead atoms. The van der Waals surface area contributed by atoms with Crippen molar-refractivity contribution in [3.8, 4) is 5.69 Å². The first-order chi connectivity index (χ1) is 17.8. The van der Waals surface area contributed by atoms with E-state index in [0.29, 0.717) is 62.8 Å². The number of halogens is 3. The number of anilines is 3. The van der Waals surface area contributed by atoms with E-state index in [2.05, 4.69) is 15.7 Å². The van der Waals surface area contributed by atoms with Crippen molar-refractivity contribution in [2.24, 2.45) is 5.73 Å². The van der Waals surface area contributed by atoms with Crippen LogP contribution < -0.4 is 26.8 Å². The molecule has 0 atom stereocenters. The number of para-hydroxylation sites is 1. The number of hydrogen-bond donors (Lipinski definition) is 3. The molecule has 0 saturated carbocycles. The molecule has 0 radical (unpaired) electrons. The van der Waals surface area contributed by atoms with Gasteiger partial charge in [0.25, 0.3) is 5.56 Å². The fourth-order valence-electron chi connectivity index (χ4n) is 4.01. The van der Waals surface area contributed by atoms with Gasteiger partial charge in [-0.1, -0.05) is 18.2 Å². The number of urea groups is 1. The quantitative estimate of drug-likeness (QED) is 0.417. The number of aromatic nitrogens is 2. The van der Waals surface area contributed by atoms with Crippen molar-refractivity contribution in [3.05, 3.63) is 76.7 Å². The second kappa shape index (κ2) is 11.3. The molecule has 1 aliphatic heterocycles. The molecule has 1 aromatic heterocycles. The Hall–Kier alpha value is -4.06. The standard InChI is InChI=1S/C25H28F3N7O2/c26-25(27,28)18-7-9-19(10-8-18)32-24(37)34-15-13-33(14-16-34)21-17-31-35(20-5-2-1-3-6-20)23(36)22(21)30-12-4-11-29/h1-3,5-10,17,30H,4,11-16,29H2,(H,32,37). The Balaban J connectivity index is 1.45. The van der Waals surface area contributed by atoms with Crippen molar-refractivity contribution in [2.75, 3.05) is 54.8 Å². The van der Waals surface area contributed by atoms with Gasteiger partial charge in [0.15, 0.2) is 0 Å². The molecule has 4 rings (SSSR count). The first-order valence-electron chi connectivity index (χ1n) is 11.9. The van der Waals surface area contributed by atoms with Crippen LogP contribution in [0, 0.1) is 0 Å². The minimum absolute atomic E-state index is 0.278. The normalized spacial score (nSPS) is 13.9. The summed E-state index contributed by atoms with van der Waals surface area (Å²) in [6.07, 6.45) is -2.12. The van der Waals surface area contributed by atoms with Gasteiger partial charge in [0, 0.05) is 38.4 Å². The van der Waals surface area contributed by atoms with Gasteiger partial charge in [0.2, 0.25) is 0 Å². The number of nitrogens with two attached hydrogens (primary N) is 1. The predicted octanol–water partition coefficient (Wildman–Crippen LogP) is 3.37. The number of rotatable bonds is 7. The van der Waals surface area contributed by atoms with E-state index in [1.54, 1.807) is 23.2 Å². The molecule has 1 aliphatic rings. The molecule has 1 saturated heterocycles. The maximum absolute atomic E-state index is 13.3. The summed E-state index contributed by atoms with van der Waals surface area (Å²) in [5.74, 6) is 0. The number of piperazine rings is 1. The van der Waals surface area contributed by atoms with Crippen molar-refractivity contribution >= 4 is 23.1 Å². The van der Waals surface area contributed by atoms with E-state index in [0.717, 1.165) is 12.1 Å². The van der Waals surface area contributed by atoms with Crippen LogP contribution in [0.4, 0.5) is 35.0 Å². The van der Waals surface area contributed by atoms with Crippen LogP contribution in [0.15, 0.2) is 65.6 Å². The van der Waals surface area contributed by atoms with Crippen LogP contribution in [0.2, 0.25) is 0 Å². The fraction of sp³-hybridized carbons (Fsp3) is 0.320. The molecular weight excluding hydrogens is 487 g/mol. The lowest BCUT2D eigenvalue weighted by Crippen LogP contribution is -2.50. The summed E-state index contributed by atoms with van der Waals surface area (Å²) in [6, 6.07) is 13.0. The van der Waals surface area contributed by atoms with E-state index in [9.17, 15) is 22.8 Å². The van der Waals surface area contributed by atoms with E-state index < -0.39 is 17.8 Å². The monoisotopic (exact) mass is 515 g/mol. The third-order valence-electron chi connectivity index (χ3n) is 6.01. The molecule has 12 heteroatoms. The maximum atomic E-state index is 13.3. The number of carbonyl (C=O) groups is 1. The van der Waals surface area contributed by atoms with Crippen LogP contribution in [0.25, 0.3) is 5.69 Å². The second-order valence-corrected chi connectivity index (χ2v) is 8.51. The van der Waals surface area contributed by atoms with Gasteiger partial charge in [-0.3, -0.25) is 4.79 Å². The summed E-state index contributed by atoms with van der Waals surface area (Å²) < 4.78 is 39.6. The average molecular weight is 516 g/mol. The van der Waals surface area contributed by atoms with Gasteiger partial charge in [-0.25, -0.2) is 4.79 Å². The van der Waals surface area contributed by atoms with Crippen molar-refractivity contribution < 1.29 is 18.0 Å². The zero-order valence-corrected chi connectivity index (χ0v) is 20.0. The molecule has 2 amide bonds. The Morgan fingerprint density at radius 1 is 1.00 bits per heavy atom. The second-order valence-electron chi connectivity index (χ2n) is 8.51. The lowest BCUT2D eigenvalue weighted by Gasteiger charge is -2.36. The Bertz CT molecular complexity index is 1260. The molecule has 4 N–H and O–H groups in total. The fourth-order valence-corrected chi connectivity index (χ4v) is 4.01. The molecule has 37 heavy (non-hydrogen) atoms. The highest BCUT2D eigenvalue weighted by molar-refractivity contribution is 5.89. The lowest BCUT2D eigenvalue weighted by molar-refractivity contribution is -0.137. The number of amides is 2. The van der Waals surface area contributed by atoms with Gasteiger partial charge in [0.05, 0.1) is 23.1 Å². The van der Waals surface area contributed by atoms with Crippen LogP contribution in [0.5, 0.6) is 0 Å². The van der Waals surface area contributed by atoms with E-state index >= 15 is 0 Å². The number of alkyl halides is 3. The summed E-state index contributed by atoms with van der Waals surface area (Å²) in [5.41, 5.74) is 6.52. The van der Waals surface area contributed by atoms with E-state index in [1.807, 2.05) is 23.1 Å².